The van der Waals surface area contributed by atoms with Crippen LogP contribution in [0.3, 0.4) is 0 Å². The van der Waals surface area contributed by atoms with Crippen LogP contribution in [-0.4, -0.2) is 22.8 Å². The minimum Gasteiger partial charge on any atom is -0.497 e. The van der Waals surface area contributed by atoms with Gasteiger partial charge in [-0.05, 0) is 31.9 Å². The van der Waals surface area contributed by atoms with Crippen LogP contribution in [0.2, 0.25) is 5.02 Å². The average Bonchev–Trinajstić information content (AvgIpc) is 3.35. The number of aromatic nitrogens is 2. The number of rotatable bonds is 5. The van der Waals surface area contributed by atoms with Crippen LogP contribution >= 0.6 is 11.6 Å². The van der Waals surface area contributed by atoms with Crippen LogP contribution in [0.4, 0.5) is 18.9 Å². The average molecular weight is 388 g/mol. The van der Waals surface area contributed by atoms with Gasteiger partial charge in [-0.2, -0.15) is 18.3 Å². The highest BCUT2D eigenvalue weighted by Gasteiger charge is 2.43. The number of nitrogens with one attached hydrogen (secondary N) is 1. The van der Waals surface area contributed by atoms with Gasteiger partial charge in [0.25, 0.3) is 0 Å². The maximum atomic E-state index is 13.1. The maximum absolute atomic E-state index is 13.1. The van der Waals surface area contributed by atoms with E-state index in [9.17, 15) is 18.0 Å². The molecule has 0 aliphatic heterocycles. The predicted molar refractivity (Wildman–Crippen MR) is 90.5 cm³/mol. The number of ether oxygens (including phenoxy) is 1. The van der Waals surface area contributed by atoms with Gasteiger partial charge in [0.05, 0.1) is 17.8 Å². The number of amides is 1. The van der Waals surface area contributed by atoms with Gasteiger partial charge in [-0.3, -0.25) is 9.48 Å². The molecule has 1 saturated carbocycles. The normalized spacial score (nSPS) is 15.6. The second kappa shape index (κ2) is 6.83. The molecule has 26 heavy (non-hydrogen) atoms. The lowest BCUT2D eigenvalue weighted by atomic mass is 10.2. The van der Waals surface area contributed by atoms with Gasteiger partial charge in [0.2, 0.25) is 5.91 Å². The molecule has 1 aliphatic rings. The number of carbonyl (C=O) groups excluding carboxylic acids is 1. The lowest BCUT2D eigenvalue weighted by molar-refractivity contribution is -0.141. The summed E-state index contributed by atoms with van der Waals surface area (Å²) >= 11 is 5.95. The van der Waals surface area contributed by atoms with Crippen LogP contribution in [0, 0.1) is 0 Å². The van der Waals surface area contributed by atoms with Crippen molar-refractivity contribution in [3.8, 4) is 5.75 Å². The standard InChI is InChI=1S/C17H17ClF3N3O2/c1-9(16(25)22-11-4-3-5-12(8-11)26-2)24-14(10-6-7-10)13(18)15(23-24)17(19,20)21/h3-5,8-10H,6-7H2,1-2H3,(H,22,25). The minimum atomic E-state index is -4.67. The first-order chi connectivity index (χ1) is 12.2. The van der Waals surface area contributed by atoms with E-state index in [2.05, 4.69) is 10.4 Å². The van der Waals surface area contributed by atoms with E-state index in [-0.39, 0.29) is 11.6 Å². The summed E-state index contributed by atoms with van der Waals surface area (Å²) in [5.41, 5.74) is -0.405. The molecule has 1 fully saturated rings. The van der Waals surface area contributed by atoms with Gasteiger partial charge in [0.15, 0.2) is 5.69 Å². The molecule has 1 aliphatic carbocycles. The van der Waals surface area contributed by atoms with Crippen molar-refractivity contribution < 1.29 is 22.7 Å². The molecule has 1 unspecified atom stereocenters. The van der Waals surface area contributed by atoms with Gasteiger partial charge in [0.1, 0.15) is 11.8 Å². The number of nitrogens with zero attached hydrogens (tertiary/aromatic N) is 2. The van der Waals surface area contributed by atoms with Crippen molar-refractivity contribution >= 4 is 23.2 Å². The summed E-state index contributed by atoms with van der Waals surface area (Å²) in [6, 6.07) is 5.73. The first-order valence-electron chi connectivity index (χ1n) is 8.02. The second-order valence-corrected chi connectivity index (χ2v) is 6.54. The van der Waals surface area contributed by atoms with E-state index in [0.717, 1.165) is 17.5 Å². The zero-order valence-corrected chi connectivity index (χ0v) is 14.9. The molecule has 0 saturated heterocycles. The molecule has 0 radical (unpaired) electrons. The molecular formula is C17H17ClF3N3O2. The molecule has 5 nitrogen and oxygen atoms in total. The number of hydrogen-bond acceptors (Lipinski definition) is 3. The van der Waals surface area contributed by atoms with Crippen molar-refractivity contribution in [3.63, 3.8) is 0 Å². The van der Waals surface area contributed by atoms with E-state index in [0.29, 0.717) is 11.4 Å². The maximum Gasteiger partial charge on any atom is 0.436 e. The van der Waals surface area contributed by atoms with Gasteiger partial charge in [-0.1, -0.05) is 17.7 Å². The lowest BCUT2D eigenvalue weighted by Crippen LogP contribution is -2.26. The van der Waals surface area contributed by atoms with E-state index in [1.165, 1.54) is 14.0 Å². The third kappa shape index (κ3) is 3.65. The Labute approximate surface area is 153 Å². The van der Waals surface area contributed by atoms with Crippen LogP contribution in [0.15, 0.2) is 24.3 Å². The lowest BCUT2D eigenvalue weighted by Gasteiger charge is -2.16. The Morgan fingerprint density at radius 2 is 2.12 bits per heavy atom. The third-order valence-electron chi connectivity index (χ3n) is 4.20. The summed E-state index contributed by atoms with van der Waals surface area (Å²) in [7, 11) is 1.50. The zero-order chi connectivity index (χ0) is 19.1. The highest BCUT2D eigenvalue weighted by molar-refractivity contribution is 6.32. The highest BCUT2D eigenvalue weighted by atomic mass is 35.5. The molecule has 1 heterocycles. The molecule has 1 N–H and O–H groups in total. The van der Waals surface area contributed by atoms with Gasteiger partial charge in [0, 0.05) is 17.7 Å². The smallest absolute Gasteiger partial charge is 0.436 e. The molecule has 140 valence electrons. The fraction of sp³-hybridized carbons (Fsp3) is 0.412. The monoisotopic (exact) mass is 387 g/mol. The van der Waals surface area contributed by atoms with Crippen molar-refractivity contribution in [2.45, 2.75) is 37.9 Å². The van der Waals surface area contributed by atoms with Crippen LogP contribution in [0.25, 0.3) is 0 Å². The molecule has 9 heteroatoms. The largest absolute Gasteiger partial charge is 0.497 e. The van der Waals surface area contributed by atoms with Crippen molar-refractivity contribution in [2.24, 2.45) is 0 Å². The molecule has 1 aromatic heterocycles. The van der Waals surface area contributed by atoms with Crippen LogP contribution in [-0.2, 0) is 11.0 Å². The van der Waals surface area contributed by atoms with Crippen LogP contribution in [0.1, 0.15) is 43.1 Å². The number of methoxy groups -OCH3 is 1. The Kier molecular flexibility index (Phi) is 4.88. The Morgan fingerprint density at radius 1 is 1.42 bits per heavy atom. The van der Waals surface area contributed by atoms with Crippen LogP contribution in [0.5, 0.6) is 5.75 Å². The molecule has 2 aromatic rings. The Hall–Kier alpha value is -2.22. The first kappa shape index (κ1) is 18.6. The van der Waals surface area contributed by atoms with Crippen molar-refractivity contribution in [3.05, 3.63) is 40.7 Å². The number of hydrogen-bond donors (Lipinski definition) is 1. The SMILES string of the molecule is COc1cccc(NC(=O)C(C)n2nc(C(F)(F)F)c(Cl)c2C2CC2)c1. The van der Waals surface area contributed by atoms with Crippen molar-refractivity contribution in [1.82, 2.24) is 9.78 Å². The van der Waals surface area contributed by atoms with Gasteiger partial charge in [-0.15, -0.1) is 0 Å². The Morgan fingerprint density at radius 3 is 2.69 bits per heavy atom. The third-order valence-corrected chi connectivity index (χ3v) is 4.58. The molecular weight excluding hydrogens is 371 g/mol. The summed E-state index contributed by atoms with van der Waals surface area (Å²) in [5.74, 6) is -0.0400. The number of anilines is 1. The molecule has 1 aromatic carbocycles. The molecule has 0 bridgehead atoms. The molecule has 1 atom stereocenters. The topological polar surface area (TPSA) is 56.1 Å². The fourth-order valence-corrected chi connectivity index (χ4v) is 3.07. The summed E-state index contributed by atoms with van der Waals surface area (Å²) in [5, 5.41) is 5.86. The van der Waals surface area contributed by atoms with Gasteiger partial charge < -0.3 is 10.1 Å². The van der Waals surface area contributed by atoms with E-state index in [4.69, 9.17) is 16.3 Å². The second-order valence-electron chi connectivity index (χ2n) is 6.16. The Balaban J connectivity index is 1.89. The first-order valence-corrected chi connectivity index (χ1v) is 8.40. The zero-order valence-electron chi connectivity index (χ0n) is 14.1. The van der Waals surface area contributed by atoms with E-state index >= 15 is 0 Å². The van der Waals surface area contributed by atoms with Gasteiger partial charge in [-0.25, -0.2) is 0 Å². The highest BCUT2D eigenvalue weighted by Crippen LogP contribution is 2.47. The predicted octanol–water partition coefficient (Wildman–Crippen LogP) is 4.64. The fourth-order valence-electron chi connectivity index (χ4n) is 2.69. The minimum absolute atomic E-state index is 0.0989. The summed E-state index contributed by atoms with van der Waals surface area (Å²) in [4.78, 5) is 12.5. The van der Waals surface area contributed by atoms with Gasteiger partial charge >= 0.3 is 6.18 Å². The number of alkyl halides is 3. The molecule has 1 amide bonds. The van der Waals surface area contributed by atoms with E-state index in [1.807, 2.05) is 0 Å². The number of carbonyl (C=O) groups is 1. The summed E-state index contributed by atoms with van der Waals surface area (Å²) in [6.07, 6.45) is -3.21. The van der Waals surface area contributed by atoms with Crippen molar-refractivity contribution in [1.29, 1.82) is 0 Å². The summed E-state index contributed by atoms with van der Waals surface area (Å²) in [6.45, 7) is 1.49. The van der Waals surface area contributed by atoms with E-state index < -0.39 is 28.8 Å². The van der Waals surface area contributed by atoms with Crippen LogP contribution < -0.4 is 10.1 Å². The number of halogens is 4. The Bertz CT molecular complexity index is 831. The van der Waals surface area contributed by atoms with Crippen molar-refractivity contribution in [2.75, 3.05) is 12.4 Å². The quantitative estimate of drug-likeness (QED) is 0.813. The molecule has 0 spiro atoms. The summed E-state index contributed by atoms with van der Waals surface area (Å²) < 4.78 is 45.6. The molecule has 3 rings (SSSR count). The number of benzene rings is 1. The van der Waals surface area contributed by atoms with E-state index in [1.54, 1.807) is 24.3 Å².